The highest BCUT2D eigenvalue weighted by Gasteiger charge is 2.33. The molecule has 1 unspecified atom stereocenters. The van der Waals surface area contributed by atoms with Crippen LogP contribution in [0.5, 0.6) is 0 Å². The highest BCUT2D eigenvalue weighted by Crippen LogP contribution is 2.20. The zero-order valence-electron chi connectivity index (χ0n) is 13.0. The summed E-state index contributed by atoms with van der Waals surface area (Å²) in [6, 6.07) is 9.09. The number of benzene rings is 1. The van der Waals surface area contributed by atoms with E-state index in [-0.39, 0.29) is 18.6 Å². The van der Waals surface area contributed by atoms with Crippen LogP contribution in [0.3, 0.4) is 0 Å². The van der Waals surface area contributed by atoms with Crippen LogP contribution >= 0.6 is 0 Å². The predicted molar refractivity (Wildman–Crippen MR) is 84.3 cm³/mol. The van der Waals surface area contributed by atoms with Crippen LogP contribution in [0.1, 0.15) is 15.9 Å². The Balaban J connectivity index is 1.59. The van der Waals surface area contributed by atoms with Gasteiger partial charge in [-0.05, 0) is 19.1 Å². The van der Waals surface area contributed by atoms with Gasteiger partial charge in [-0.1, -0.05) is 17.7 Å². The lowest BCUT2D eigenvalue weighted by Gasteiger charge is -2.12. The van der Waals surface area contributed by atoms with E-state index in [1.807, 2.05) is 25.1 Å². The quantitative estimate of drug-likeness (QED) is 0.927. The molecule has 3 rings (SSSR count). The Hall–Kier alpha value is -2.83. The molecule has 1 saturated heterocycles. The summed E-state index contributed by atoms with van der Waals surface area (Å²) < 4.78 is 6.90. The fourth-order valence-corrected chi connectivity index (χ4v) is 2.54. The number of aryl methyl sites for hydroxylation is 2. The summed E-state index contributed by atoms with van der Waals surface area (Å²) in [7, 11) is 1.76. The van der Waals surface area contributed by atoms with Gasteiger partial charge in [-0.3, -0.25) is 14.4 Å². The minimum Gasteiger partial charge on any atom is -0.442 e. The molecule has 0 bridgehead atoms. The first-order valence-corrected chi connectivity index (χ1v) is 7.35. The van der Waals surface area contributed by atoms with E-state index in [0.717, 1.165) is 5.56 Å². The molecular weight excluding hydrogens is 296 g/mol. The summed E-state index contributed by atoms with van der Waals surface area (Å²) >= 11 is 0. The molecule has 1 aliphatic rings. The molecule has 2 heterocycles. The molecule has 23 heavy (non-hydrogen) atoms. The molecule has 1 aromatic heterocycles. The Morgan fingerprint density at radius 2 is 2.26 bits per heavy atom. The minimum absolute atomic E-state index is 0.177. The van der Waals surface area contributed by atoms with E-state index < -0.39 is 6.09 Å². The first kappa shape index (κ1) is 15.1. The number of cyclic esters (lactones) is 1. The average Bonchev–Trinajstić information content (AvgIpc) is 3.10. The smallest absolute Gasteiger partial charge is 0.416 e. The van der Waals surface area contributed by atoms with E-state index in [9.17, 15) is 9.59 Å². The molecule has 1 N–H and O–H groups in total. The van der Waals surface area contributed by atoms with E-state index in [1.54, 1.807) is 30.1 Å². The number of nitrogens with one attached hydrogen (secondary N) is 1. The third kappa shape index (κ3) is 3.18. The summed E-state index contributed by atoms with van der Waals surface area (Å²) in [6.07, 6.45) is 0.810. The highest BCUT2D eigenvalue weighted by molar-refractivity contribution is 5.94. The van der Waals surface area contributed by atoms with E-state index in [4.69, 9.17) is 4.74 Å². The number of nitrogens with zero attached hydrogens (tertiary/aromatic N) is 3. The summed E-state index contributed by atoms with van der Waals surface area (Å²) in [5.74, 6) is 0.492. The van der Waals surface area contributed by atoms with Gasteiger partial charge in [-0.15, -0.1) is 0 Å². The molecule has 7 heteroatoms. The van der Waals surface area contributed by atoms with Crippen molar-refractivity contribution in [2.24, 2.45) is 7.05 Å². The van der Waals surface area contributed by atoms with Crippen molar-refractivity contribution in [3.63, 3.8) is 0 Å². The van der Waals surface area contributed by atoms with Crippen molar-refractivity contribution >= 4 is 17.8 Å². The Morgan fingerprint density at radius 3 is 2.96 bits per heavy atom. The van der Waals surface area contributed by atoms with Gasteiger partial charge in [0.15, 0.2) is 0 Å². The van der Waals surface area contributed by atoms with Crippen LogP contribution in [-0.4, -0.2) is 41.0 Å². The molecule has 7 nitrogen and oxygen atoms in total. The number of ether oxygens (including phenoxy) is 1. The second kappa shape index (κ2) is 6.12. The van der Waals surface area contributed by atoms with E-state index in [2.05, 4.69) is 10.4 Å². The van der Waals surface area contributed by atoms with E-state index >= 15 is 0 Å². The Labute approximate surface area is 133 Å². The number of amides is 2. The second-order valence-electron chi connectivity index (χ2n) is 5.51. The maximum atomic E-state index is 12.1. The third-order valence-corrected chi connectivity index (χ3v) is 3.72. The fourth-order valence-electron chi connectivity index (χ4n) is 2.54. The lowest BCUT2D eigenvalue weighted by atomic mass is 10.1. The van der Waals surface area contributed by atoms with Crippen molar-refractivity contribution in [3.05, 3.63) is 47.7 Å². The van der Waals surface area contributed by atoms with Gasteiger partial charge in [0, 0.05) is 18.7 Å². The summed E-state index contributed by atoms with van der Waals surface area (Å²) in [4.78, 5) is 25.6. The number of hydrogen-bond acceptors (Lipinski definition) is 4. The minimum atomic E-state index is -0.427. The molecule has 1 atom stereocenters. The zero-order valence-corrected chi connectivity index (χ0v) is 13.0. The summed E-state index contributed by atoms with van der Waals surface area (Å²) in [5, 5.41) is 6.84. The molecule has 0 radical (unpaired) electrons. The standard InChI is InChI=1S/C16H18N4O3/c1-11-4-3-5-12(8-11)15(21)17-9-13-10-20(16(22)23-13)14-6-7-18-19(14)2/h3-8,13H,9-10H2,1-2H3,(H,17,21). The molecule has 0 spiro atoms. The van der Waals surface area contributed by atoms with Crippen LogP contribution in [0.25, 0.3) is 0 Å². The van der Waals surface area contributed by atoms with Crippen molar-refractivity contribution in [2.75, 3.05) is 18.0 Å². The van der Waals surface area contributed by atoms with Gasteiger partial charge in [0.25, 0.3) is 5.91 Å². The van der Waals surface area contributed by atoms with E-state index in [0.29, 0.717) is 17.9 Å². The normalized spacial score (nSPS) is 17.2. The van der Waals surface area contributed by atoms with Gasteiger partial charge in [0.05, 0.1) is 19.3 Å². The van der Waals surface area contributed by atoms with Crippen molar-refractivity contribution in [1.29, 1.82) is 0 Å². The van der Waals surface area contributed by atoms with Gasteiger partial charge < -0.3 is 10.1 Å². The molecular formula is C16H18N4O3. The van der Waals surface area contributed by atoms with Crippen molar-refractivity contribution in [1.82, 2.24) is 15.1 Å². The molecule has 1 fully saturated rings. The number of carbonyl (C=O) groups excluding carboxylic acids is 2. The van der Waals surface area contributed by atoms with Crippen LogP contribution in [-0.2, 0) is 11.8 Å². The largest absolute Gasteiger partial charge is 0.442 e. The zero-order chi connectivity index (χ0) is 16.4. The first-order valence-electron chi connectivity index (χ1n) is 7.35. The molecule has 2 aromatic rings. The maximum Gasteiger partial charge on any atom is 0.416 e. The average molecular weight is 314 g/mol. The second-order valence-corrected chi connectivity index (χ2v) is 5.51. The summed E-state index contributed by atoms with van der Waals surface area (Å²) in [6.45, 7) is 2.58. The van der Waals surface area contributed by atoms with Gasteiger partial charge in [0.2, 0.25) is 0 Å². The highest BCUT2D eigenvalue weighted by atomic mass is 16.6. The molecule has 0 saturated carbocycles. The number of anilines is 1. The monoisotopic (exact) mass is 314 g/mol. The van der Waals surface area contributed by atoms with Gasteiger partial charge in [-0.2, -0.15) is 5.10 Å². The van der Waals surface area contributed by atoms with Crippen LogP contribution < -0.4 is 10.2 Å². The lowest BCUT2D eigenvalue weighted by molar-refractivity contribution is 0.0916. The van der Waals surface area contributed by atoms with Crippen LogP contribution in [0, 0.1) is 6.92 Å². The molecule has 1 aromatic carbocycles. The van der Waals surface area contributed by atoms with Crippen molar-refractivity contribution in [3.8, 4) is 0 Å². The van der Waals surface area contributed by atoms with Crippen LogP contribution in [0.2, 0.25) is 0 Å². The Morgan fingerprint density at radius 1 is 1.43 bits per heavy atom. The topological polar surface area (TPSA) is 76.5 Å². The van der Waals surface area contributed by atoms with E-state index in [1.165, 1.54) is 4.90 Å². The van der Waals surface area contributed by atoms with Gasteiger partial charge in [0.1, 0.15) is 11.9 Å². The SMILES string of the molecule is Cc1cccc(C(=O)NCC2CN(c3ccnn3C)C(=O)O2)c1. The van der Waals surface area contributed by atoms with Crippen LogP contribution in [0.15, 0.2) is 36.5 Å². The molecule has 0 aliphatic carbocycles. The van der Waals surface area contributed by atoms with Gasteiger partial charge >= 0.3 is 6.09 Å². The number of carbonyl (C=O) groups is 2. The van der Waals surface area contributed by atoms with Crippen molar-refractivity contribution in [2.45, 2.75) is 13.0 Å². The third-order valence-electron chi connectivity index (χ3n) is 3.72. The Bertz CT molecular complexity index is 740. The fraction of sp³-hybridized carbons (Fsp3) is 0.312. The lowest BCUT2D eigenvalue weighted by Crippen LogP contribution is -2.34. The number of hydrogen-bond donors (Lipinski definition) is 1. The van der Waals surface area contributed by atoms with Gasteiger partial charge in [-0.25, -0.2) is 4.79 Å². The number of aromatic nitrogens is 2. The molecule has 120 valence electrons. The molecule has 1 aliphatic heterocycles. The first-order chi connectivity index (χ1) is 11.0. The van der Waals surface area contributed by atoms with Crippen molar-refractivity contribution < 1.29 is 14.3 Å². The maximum absolute atomic E-state index is 12.1. The summed E-state index contributed by atoms with van der Waals surface area (Å²) in [5.41, 5.74) is 1.62. The van der Waals surface area contributed by atoms with Crippen LogP contribution in [0.4, 0.5) is 10.6 Å². The molecule has 2 amide bonds. The Kier molecular flexibility index (Phi) is 4.01. The number of rotatable bonds is 4. The predicted octanol–water partition coefficient (Wildman–Crippen LogP) is 1.48.